The van der Waals surface area contributed by atoms with Crippen molar-refractivity contribution in [2.24, 2.45) is 0 Å². The van der Waals surface area contributed by atoms with Crippen molar-refractivity contribution in [3.05, 3.63) is 29.1 Å². The molecule has 1 fully saturated rings. The third kappa shape index (κ3) is 4.61. The van der Waals surface area contributed by atoms with Gasteiger partial charge in [-0.2, -0.15) is 0 Å². The smallest absolute Gasteiger partial charge is 0.410 e. The second-order valence-corrected chi connectivity index (χ2v) is 7.07. The van der Waals surface area contributed by atoms with Crippen LogP contribution in [-0.4, -0.2) is 55.9 Å². The van der Waals surface area contributed by atoms with Gasteiger partial charge in [0.15, 0.2) is 0 Å². The van der Waals surface area contributed by atoms with E-state index in [0.717, 1.165) is 0 Å². The standard InChI is InChI=1S/C18H25FN2O4/c1-12-10-13(11-14(19)15(12)16(22)24-5)20-6-8-21(9-7-20)17(23)25-18(2,3)4/h10-11H,6-9H2,1-5H3. The Morgan fingerprint density at radius 3 is 2.20 bits per heavy atom. The third-order valence-electron chi connectivity index (χ3n) is 3.96. The number of hydrogen-bond donors (Lipinski definition) is 0. The maximum atomic E-state index is 14.3. The van der Waals surface area contributed by atoms with Crippen molar-refractivity contribution >= 4 is 17.7 Å². The molecule has 1 heterocycles. The van der Waals surface area contributed by atoms with Crippen molar-refractivity contribution in [2.45, 2.75) is 33.3 Å². The Bertz CT molecular complexity index is 639. The number of amides is 1. The van der Waals surface area contributed by atoms with Crippen LogP contribution in [0.3, 0.4) is 0 Å². The normalized spacial score (nSPS) is 15.1. The molecule has 0 radical (unpaired) electrons. The maximum absolute atomic E-state index is 14.3. The molecule has 1 aliphatic rings. The van der Waals surface area contributed by atoms with Crippen LogP contribution in [0.25, 0.3) is 0 Å². The highest BCUT2D eigenvalue weighted by molar-refractivity contribution is 5.91. The second kappa shape index (κ2) is 7.29. The Balaban J connectivity index is 2.06. The van der Waals surface area contributed by atoms with Gasteiger partial charge in [0, 0.05) is 31.9 Å². The zero-order chi connectivity index (χ0) is 18.8. The number of ether oxygens (including phenoxy) is 2. The summed E-state index contributed by atoms with van der Waals surface area (Å²) in [6.45, 7) is 9.28. The molecule has 1 amide bonds. The Kier molecular flexibility index (Phi) is 5.55. The lowest BCUT2D eigenvalue weighted by Crippen LogP contribution is -2.50. The van der Waals surface area contributed by atoms with Crippen molar-refractivity contribution in [3.8, 4) is 0 Å². The van der Waals surface area contributed by atoms with Crippen molar-refractivity contribution in [1.82, 2.24) is 4.90 Å². The first-order valence-electron chi connectivity index (χ1n) is 8.23. The fourth-order valence-electron chi connectivity index (χ4n) is 2.74. The predicted octanol–water partition coefficient (Wildman–Crippen LogP) is 2.98. The largest absolute Gasteiger partial charge is 0.465 e. The number of benzene rings is 1. The summed E-state index contributed by atoms with van der Waals surface area (Å²) in [6.07, 6.45) is -0.337. The molecule has 2 rings (SSSR count). The molecular formula is C18H25FN2O4. The van der Waals surface area contributed by atoms with E-state index < -0.39 is 17.4 Å². The van der Waals surface area contributed by atoms with E-state index in [1.54, 1.807) is 17.9 Å². The number of carbonyl (C=O) groups excluding carboxylic acids is 2. The molecule has 0 aromatic heterocycles. The van der Waals surface area contributed by atoms with Gasteiger partial charge in [-0.05, 0) is 45.4 Å². The van der Waals surface area contributed by atoms with Gasteiger partial charge in [-0.3, -0.25) is 0 Å². The summed E-state index contributed by atoms with van der Waals surface area (Å²) < 4.78 is 24.3. The van der Waals surface area contributed by atoms with Gasteiger partial charge < -0.3 is 19.3 Å². The Morgan fingerprint density at radius 2 is 1.72 bits per heavy atom. The van der Waals surface area contributed by atoms with Crippen LogP contribution in [-0.2, 0) is 9.47 Å². The van der Waals surface area contributed by atoms with Crippen LogP contribution in [0.5, 0.6) is 0 Å². The molecule has 0 bridgehead atoms. The quantitative estimate of drug-likeness (QED) is 0.766. The molecule has 1 aromatic rings. The van der Waals surface area contributed by atoms with Gasteiger partial charge in [-0.25, -0.2) is 14.0 Å². The van der Waals surface area contributed by atoms with E-state index in [1.165, 1.54) is 13.2 Å². The van der Waals surface area contributed by atoms with Crippen molar-refractivity contribution < 1.29 is 23.5 Å². The van der Waals surface area contributed by atoms with Gasteiger partial charge in [0.25, 0.3) is 0 Å². The van der Waals surface area contributed by atoms with Crippen LogP contribution in [0.1, 0.15) is 36.7 Å². The molecule has 6 nitrogen and oxygen atoms in total. The summed E-state index contributed by atoms with van der Waals surface area (Å²) in [4.78, 5) is 27.4. The minimum absolute atomic E-state index is 0.0429. The fraction of sp³-hybridized carbons (Fsp3) is 0.556. The lowest BCUT2D eigenvalue weighted by atomic mass is 10.1. The molecule has 1 saturated heterocycles. The summed E-state index contributed by atoms with van der Waals surface area (Å²) in [6, 6.07) is 3.10. The molecule has 138 valence electrons. The summed E-state index contributed by atoms with van der Waals surface area (Å²) in [7, 11) is 1.23. The van der Waals surface area contributed by atoms with Crippen molar-refractivity contribution in [1.29, 1.82) is 0 Å². The molecule has 1 aromatic carbocycles. The van der Waals surface area contributed by atoms with Crippen molar-refractivity contribution in [2.75, 3.05) is 38.2 Å². The van der Waals surface area contributed by atoms with Gasteiger partial charge in [0.05, 0.1) is 12.7 Å². The summed E-state index contributed by atoms with van der Waals surface area (Å²) >= 11 is 0. The topological polar surface area (TPSA) is 59.1 Å². The number of nitrogens with zero attached hydrogens (tertiary/aromatic N) is 2. The predicted molar refractivity (Wildman–Crippen MR) is 92.5 cm³/mol. The van der Waals surface area contributed by atoms with Crippen LogP contribution >= 0.6 is 0 Å². The SMILES string of the molecule is COC(=O)c1c(C)cc(N2CCN(C(=O)OC(C)(C)C)CC2)cc1F. The first-order valence-corrected chi connectivity index (χ1v) is 8.23. The van der Waals surface area contributed by atoms with Gasteiger partial charge in [0.1, 0.15) is 11.4 Å². The van der Waals surface area contributed by atoms with Crippen LogP contribution in [0, 0.1) is 12.7 Å². The minimum Gasteiger partial charge on any atom is -0.465 e. The summed E-state index contributed by atoms with van der Waals surface area (Å²) in [5.41, 5.74) is 0.639. The summed E-state index contributed by atoms with van der Waals surface area (Å²) in [5, 5.41) is 0. The van der Waals surface area contributed by atoms with E-state index in [2.05, 4.69) is 4.74 Å². The Morgan fingerprint density at radius 1 is 1.12 bits per heavy atom. The molecule has 0 aliphatic carbocycles. The molecule has 0 atom stereocenters. The molecule has 0 N–H and O–H groups in total. The molecular weight excluding hydrogens is 327 g/mol. The highest BCUT2D eigenvalue weighted by Gasteiger charge is 2.27. The molecule has 0 unspecified atom stereocenters. The molecule has 25 heavy (non-hydrogen) atoms. The van der Waals surface area contributed by atoms with E-state index in [0.29, 0.717) is 37.4 Å². The van der Waals surface area contributed by atoms with Crippen LogP contribution in [0.2, 0.25) is 0 Å². The number of aryl methyl sites for hydroxylation is 1. The van der Waals surface area contributed by atoms with E-state index in [4.69, 9.17) is 4.74 Å². The zero-order valence-corrected chi connectivity index (χ0v) is 15.4. The van der Waals surface area contributed by atoms with Crippen LogP contribution in [0.4, 0.5) is 14.9 Å². The van der Waals surface area contributed by atoms with E-state index in [9.17, 15) is 14.0 Å². The average molecular weight is 352 g/mol. The lowest BCUT2D eigenvalue weighted by Gasteiger charge is -2.37. The van der Waals surface area contributed by atoms with E-state index in [-0.39, 0.29) is 11.7 Å². The van der Waals surface area contributed by atoms with E-state index in [1.807, 2.05) is 25.7 Å². The number of rotatable bonds is 2. The highest BCUT2D eigenvalue weighted by Crippen LogP contribution is 2.24. The monoisotopic (exact) mass is 352 g/mol. The Hall–Kier alpha value is -2.31. The molecule has 1 aliphatic heterocycles. The number of methoxy groups -OCH3 is 1. The number of hydrogen-bond acceptors (Lipinski definition) is 5. The number of anilines is 1. The summed E-state index contributed by atoms with van der Waals surface area (Å²) in [5.74, 6) is -1.28. The van der Waals surface area contributed by atoms with E-state index >= 15 is 0 Å². The Labute approximate surface area is 147 Å². The third-order valence-corrected chi connectivity index (χ3v) is 3.96. The first kappa shape index (κ1) is 19.0. The second-order valence-electron chi connectivity index (χ2n) is 7.07. The molecule has 0 saturated carbocycles. The zero-order valence-electron chi connectivity index (χ0n) is 15.4. The number of esters is 1. The first-order chi connectivity index (χ1) is 11.6. The molecule has 0 spiro atoms. The number of halogens is 1. The highest BCUT2D eigenvalue weighted by atomic mass is 19.1. The number of carbonyl (C=O) groups is 2. The van der Waals surface area contributed by atoms with Gasteiger partial charge >= 0.3 is 12.1 Å². The van der Waals surface area contributed by atoms with Crippen molar-refractivity contribution in [3.63, 3.8) is 0 Å². The van der Waals surface area contributed by atoms with Gasteiger partial charge in [0.2, 0.25) is 0 Å². The van der Waals surface area contributed by atoms with Gasteiger partial charge in [-0.15, -0.1) is 0 Å². The average Bonchev–Trinajstić information content (AvgIpc) is 2.52. The van der Waals surface area contributed by atoms with Crippen LogP contribution < -0.4 is 4.90 Å². The van der Waals surface area contributed by atoms with Crippen LogP contribution in [0.15, 0.2) is 12.1 Å². The van der Waals surface area contributed by atoms with Gasteiger partial charge in [-0.1, -0.05) is 0 Å². The fourth-order valence-corrected chi connectivity index (χ4v) is 2.74. The molecule has 7 heteroatoms. The lowest BCUT2D eigenvalue weighted by molar-refractivity contribution is 0.0240. The minimum atomic E-state index is -0.684. The number of piperazine rings is 1. The maximum Gasteiger partial charge on any atom is 0.410 e.